The Morgan fingerprint density at radius 2 is 1.95 bits per heavy atom. The van der Waals surface area contributed by atoms with Crippen LogP contribution in [0.2, 0.25) is 0 Å². The number of nitrogens with one attached hydrogen (secondary N) is 1. The van der Waals surface area contributed by atoms with Crippen molar-refractivity contribution < 1.29 is 4.39 Å². The zero-order valence-electron chi connectivity index (χ0n) is 12.4. The normalized spacial score (nSPS) is 20.8. The van der Waals surface area contributed by atoms with Gasteiger partial charge in [0.15, 0.2) is 0 Å². The van der Waals surface area contributed by atoms with E-state index in [-0.39, 0.29) is 5.82 Å². The van der Waals surface area contributed by atoms with Gasteiger partial charge in [0.1, 0.15) is 5.82 Å². The maximum Gasteiger partial charge on any atom is 0.137 e. The molecule has 2 saturated carbocycles. The van der Waals surface area contributed by atoms with E-state index in [9.17, 15) is 4.39 Å². The maximum absolute atomic E-state index is 13.4. The van der Waals surface area contributed by atoms with Crippen LogP contribution in [0.15, 0.2) is 28.2 Å². The van der Waals surface area contributed by atoms with Crippen LogP contribution in [0.1, 0.15) is 50.5 Å². The van der Waals surface area contributed by atoms with E-state index in [2.05, 4.69) is 27.3 Å². The van der Waals surface area contributed by atoms with Crippen molar-refractivity contribution in [1.29, 1.82) is 0 Å². The fourth-order valence-corrected chi connectivity index (χ4v) is 3.55. The van der Waals surface area contributed by atoms with Crippen LogP contribution in [0.4, 0.5) is 4.39 Å². The fraction of sp³-hybridized carbons (Fsp3) is 0.556. The molecule has 0 aromatic heterocycles. The molecule has 0 spiro atoms. The quantitative estimate of drug-likeness (QED) is 0.758. The molecule has 0 unspecified atom stereocenters. The van der Waals surface area contributed by atoms with E-state index < -0.39 is 0 Å². The molecule has 0 atom stereocenters. The summed E-state index contributed by atoms with van der Waals surface area (Å²) in [6.07, 6.45) is 11.6. The lowest BCUT2D eigenvalue weighted by molar-refractivity contribution is 0.396. The Balaban J connectivity index is 1.77. The molecule has 3 heteroatoms. The van der Waals surface area contributed by atoms with Crippen molar-refractivity contribution >= 4 is 22.0 Å². The predicted octanol–water partition coefficient (Wildman–Crippen LogP) is 5.30. The van der Waals surface area contributed by atoms with Gasteiger partial charge in [-0.2, -0.15) is 0 Å². The molecule has 0 amide bonds. The third kappa shape index (κ3) is 4.40. The van der Waals surface area contributed by atoms with E-state index in [1.165, 1.54) is 50.5 Å². The summed E-state index contributed by atoms with van der Waals surface area (Å²) >= 11 is 3.28. The molecule has 2 aliphatic rings. The van der Waals surface area contributed by atoms with Gasteiger partial charge in [-0.15, -0.1) is 0 Å². The Kier molecular flexibility index (Phi) is 5.12. The zero-order valence-corrected chi connectivity index (χ0v) is 14.0. The Morgan fingerprint density at radius 1 is 1.19 bits per heavy atom. The molecule has 2 fully saturated rings. The van der Waals surface area contributed by atoms with Crippen LogP contribution in [-0.2, 0) is 0 Å². The van der Waals surface area contributed by atoms with Crippen LogP contribution in [0, 0.1) is 11.7 Å². The monoisotopic (exact) mass is 351 g/mol. The minimum atomic E-state index is -0.192. The summed E-state index contributed by atoms with van der Waals surface area (Å²) in [6, 6.07) is 6.04. The highest BCUT2D eigenvalue weighted by molar-refractivity contribution is 9.10. The fourth-order valence-electron chi connectivity index (χ4n) is 3.15. The Bertz CT molecular complexity index is 516. The smallest absolute Gasteiger partial charge is 0.137 e. The molecule has 1 nitrogen and oxygen atoms in total. The first-order chi connectivity index (χ1) is 10.2. The second-order valence-corrected chi connectivity index (χ2v) is 7.24. The highest BCUT2D eigenvalue weighted by atomic mass is 79.9. The molecule has 2 aliphatic carbocycles. The summed E-state index contributed by atoms with van der Waals surface area (Å²) in [6.45, 7) is 0.990. The molecule has 3 rings (SSSR count). The SMILES string of the molecule is Fc1ccc(/C=C(/CNC2CC2)C2CCCCC2)cc1Br. The van der Waals surface area contributed by atoms with Gasteiger partial charge in [0.2, 0.25) is 0 Å². The Labute approximate surface area is 135 Å². The van der Waals surface area contributed by atoms with E-state index in [1.807, 2.05) is 12.1 Å². The van der Waals surface area contributed by atoms with Crippen LogP contribution < -0.4 is 5.32 Å². The lowest BCUT2D eigenvalue weighted by Gasteiger charge is -2.25. The van der Waals surface area contributed by atoms with Crippen LogP contribution in [-0.4, -0.2) is 12.6 Å². The van der Waals surface area contributed by atoms with Gasteiger partial charge in [-0.1, -0.05) is 37.0 Å². The minimum Gasteiger partial charge on any atom is -0.310 e. The van der Waals surface area contributed by atoms with Gasteiger partial charge < -0.3 is 5.32 Å². The highest BCUT2D eigenvalue weighted by Gasteiger charge is 2.23. The van der Waals surface area contributed by atoms with Crippen LogP contribution in [0.5, 0.6) is 0 Å². The average Bonchev–Trinajstić information content (AvgIpc) is 3.32. The summed E-state index contributed by atoms with van der Waals surface area (Å²) in [5, 5.41) is 3.65. The molecular weight excluding hydrogens is 329 g/mol. The first-order valence-electron chi connectivity index (χ1n) is 8.11. The number of hydrogen-bond donors (Lipinski definition) is 1. The van der Waals surface area contributed by atoms with Crippen molar-refractivity contribution in [2.45, 2.75) is 51.0 Å². The second kappa shape index (κ2) is 7.06. The second-order valence-electron chi connectivity index (χ2n) is 6.38. The van der Waals surface area contributed by atoms with E-state index in [1.54, 1.807) is 6.07 Å². The standard InChI is InChI=1S/C18H23BrFN/c19-17-11-13(6-9-18(17)20)10-15(12-21-16-7-8-16)14-4-2-1-3-5-14/h6,9-11,14,16,21H,1-5,7-8,12H2/b15-10-. The van der Waals surface area contributed by atoms with Crippen molar-refractivity contribution in [1.82, 2.24) is 5.32 Å². The van der Waals surface area contributed by atoms with Gasteiger partial charge in [-0.3, -0.25) is 0 Å². The molecule has 1 aromatic carbocycles. The summed E-state index contributed by atoms with van der Waals surface area (Å²) in [7, 11) is 0. The molecule has 114 valence electrons. The summed E-state index contributed by atoms with van der Waals surface area (Å²) < 4.78 is 13.9. The molecular formula is C18H23BrFN. The lowest BCUT2D eigenvalue weighted by Crippen LogP contribution is -2.24. The van der Waals surface area contributed by atoms with Crippen molar-refractivity contribution in [2.24, 2.45) is 5.92 Å². The first-order valence-corrected chi connectivity index (χ1v) is 8.90. The molecule has 0 aliphatic heterocycles. The van der Waals surface area contributed by atoms with Gasteiger partial charge in [-0.25, -0.2) is 4.39 Å². The molecule has 0 bridgehead atoms. The van der Waals surface area contributed by atoms with Crippen molar-refractivity contribution in [3.63, 3.8) is 0 Å². The lowest BCUT2D eigenvalue weighted by atomic mass is 9.83. The summed E-state index contributed by atoms with van der Waals surface area (Å²) in [5.74, 6) is 0.510. The highest BCUT2D eigenvalue weighted by Crippen LogP contribution is 2.32. The van der Waals surface area contributed by atoms with Crippen LogP contribution in [0.3, 0.4) is 0 Å². The van der Waals surface area contributed by atoms with E-state index in [0.717, 1.165) is 18.2 Å². The van der Waals surface area contributed by atoms with Gasteiger partial charge in [-0.05, 0) is 65.2 Å². The third-order valence-corrected chi connectivity index (χ3v) is 5.21. The molecule has 0 radical (unpaired) electrons. The Hall–Kier alpha value is -0.670. The molecule has 1 N–H and O–H groups in total. The van der Waals surface area contributed by atoms with Crippen LogP contribution >= 0.6 is 15.9 Å². The van der Waals surface area contributed by atoms with Gasteiger partial charge in [0, 0.05) is 12.6 Å². The summed E-state index contributed by atoms with van der Waals surface area (Å²) in [5.41, 5.74) is 2.60. The van der Waals surface area contributed by atoms with Crippen molar-refractivity contribution in [3.05, 3.63) is 39.6 Å². The molecule has 0 saturated heterocycles. The topological polar surface area (TPSA) is 12.0 Å². The van der Waals surface area contributed by atoms with Crippen molar-refractivity contribution in [3.8, 4) is 0 Å². The van der Waals surface area contributed by atoms with E-state index in [4.69, 9.17) is 0 Å². The third-order valence-electron chi connectivity index (χ3n) is 4.60. The number of benzene rings is 1. The molecule has 21 heavy (non-hydrogen) atoms. The average molecular weight is 352 g/mol. The van der Waals surface area contributed by atoms with Gasteiger partial charge in [0.25, 0.3) is 0 Å². The van der Waals surface area contributed by atoms with Gasteiger partial charge in [0.05, 0.1) is 4.47 Å². The number of hydrogen-bond acceptors (Lipinski definition) is 1. The Morgan fingerprint density at radius 3 is 2.62 bits per heavy atom. The van der Waals surface area contributed by atoms with E-state index >= 15 is 0 Å². The molecule has 0 heterocycles. The van der Waals surface area contributed by atoms with Crippen LogP contribution in [0.25, 0.3) is 6.08 Å². The largest absolute Gasteiger partial charge is 0.310 e. The number of halogens is 2. The van der Waals surface area contributed by atoms with Gasteiger partial charge >= 0.3 is 0 Å². The number of rotatable bonds is 5. The van der Waals surface area contributed by atoms with E-state index in [0.29, 0.717) is 10.4 Å². The zero-order chi connectivity index (χ0) is 14.7. The van der Waals surface area contributed by atoms with Crippen molar-refractivity contribution in [2.75, 3.05) is 6.54 Å². The summed E-state index contributed by atoms with van der Waals surface area (Å²) in [4.78, 5) is 0. The first kappa shape index (κ1) is 15.2. The predicted molar refractivity (Wildman–Crippen MR) is 89.7 cm³/mol. The minimum absolute atomic E-state index is 0.192. The maximum atomic E-state index is 13.4. The molecule has 1 aromatic rings.